The molecule has 5 nitrogen and oxygen atoms in total. The molecule has 0 spiro atoms. The maximum absolute atomic E-state index is 13.2. The van der Waals surface area contributed by atoms with Crippen molar-refractivity contribution in [1.82, 2.24) is 10.2 Å². The molecule has 0 radical (unpaired) electrons. The first kappa shape index (κ1) is 24.7. The summed E-state index contributed by atoms with van der Waals surface area (Å²) < 4.78 is 5.91. The zero-order valence-electron chi connectivity index (χ0n) is 19.1. The summed E-state index contributed by atoms with van der Waals surface area (Å²) in [7, 11) is 0. The minimum Gasteiger partial charge on any atom is -0.483 e. The Bertz CT molecular complexity index is 896. The first-order chi connectivity index (χ1) is 14.8. The zero-order valence-corrected chi connectivity index (χ0v) is 19.9. The summed E-state index contributed by atoms with van der Waals surface area (Å²) in [6.07, 6.45) is 1.35. The Morgan fingerprint density at radius 1 is 1.10 bits per heavy atom. The lowest BCUT2D eigenvalue weighted by atomic mass is 10.1. The van der Waals surface area contributed by atoms with Crippen LogP contribution in [0.1, 0.15) is 48.9 Å². The number of hydrogen-bond acceptors (Lipinski definition) is 3. The third-order valence-corrected chi connectivity index (χ3v) is 5.57. The van der Waals surface area contributed by atoms with E-state index in [-0.39, 0.29) is 18.4 Å². The first-order valence-electron chi connectivity index (χ1n) is 10.8. The van der Waals surface area contributed by atoms with Crippen molar-refractivity contribution in [3.63, 3.8) is 0 Å². The van der Waals surface area contributed by atoms with Gasteiger partial charge in [0.05, 0.1) is 0 Å². The quantitative estimate of drug-likeness (QED) is 0.562. The van der Waals surface area contributed by atoms with Crippen LogP contribution in [0.25, 0.3) is 0 Å². The van der Waals surface area contributed by atoms with Gasteiger partial charge in [-0.25, -0.2) is 0 Å². The largest absolute Gasteiger partial charge is 0.483 e. The van der Waals surface area contributed by atoms with Gasteiger partial charge in [0, 0.05) is 18.1 Å². The molecule has 0 aliphatic rings. The number of halogens is 1. The molecule has 0 aromatic heterocycles. The number of rotatable bonds is 10. The second-order valence-electron chi connectivity index (χ2n) is 7.86. The maximum Gasteiger partial charge on any atom is 0.261 e. The summed E-state index contributed by atoms with van der Waals surface area (Å²) in [6.45, 7) is 10.7. The predicted octanol–water partition coefficient (Wildman–Crippen LogP) is 4.98. The van der Waals surface area contributed by atoms with Gasteiger partial charge in [0.15, 0.2) is 6.61 Å². The molecule has 1 atom stereocenters. The first-order valence-corrected chi connectivity index (χ1v) is 11.2. The molecule has 0 bridgehead atoms. The van der Waals surface area contributed by atoms with Crippen LogP contribution in [-0.2, 0) is 16.1 Å². The van der Waals surface area contributed by atoms with E-state index in [1.54, 1.807) is 17.0 Å². The molecule has 0 unspecified atom stereocenters. The molecule has 2 aromatic carbocycles. The number of aryl methyl sites for hydroxylation is 2. The number of hydrogen-bond donors (Lipinski definition) is 1. The van der Waals surface area contributed by atoms with Crippen LogP contribution in [0.5, 0.6) is 5.75 Å². The number of carbonyl (C=O) groups excluding carboxylic acids is 2. The van der Waals surface area contributed by atoms with Crippen LogP contribution in [0, 0.1) is 20.8 Å². The van der Waals surface area contributed by atoms with Crippen LogP contribution in [0.2, 0.25) is 5.02 Å². The summed E-state index contributed by atoms with van der Waals surface area (Å²) in [6, 6.07) is 10.8. The highest BCUT2D eigenvalue weighted by Crippen LogP contribution is 2.24. The van der Waals surface area contributed by atoms with Crippen LogP contribution in [0.3, 0.4) is 0 Å². The molecular weight excluding hydrogens is 412 g/mol. The minimum atomic E-state index is -0.571. The van der Waals surface area contributed by atoms with E-state index in [0.717, 1.165) is 28.7 Å². The molecule has 0 aliphatic heterocycles. The van der Waals surface area contributed by atoms with Crippen molar-refractivity contribution >= 4 is 23.4 Å². The van der Waals surface area contributed by atoms with Gasteiger partial charge in [0.1, 0.15) is 11.8 Å². The SMILES string of the molecule is CCCNC(=O)[C@@H](CC)N(Cc1ccc(Cl)cc1)C(=O)COc1cc(C)cc(C)c1C. The third kappa shape index (κ3) is 7.00. The van der Waals surface area contributed by atoms with E-state index < -0.39 is 6.04 Å². The lowest BCUT2D eigenvalue weighted by molar-refractivity contribution is -0.143. The summed E-state index contributed by atoms with van der Waals surface area (Å²) in [4.78, 5) is 27.6. The van der Waals surface area contributed by atoms with Crippen LogP contribution in [0.15, 0.2) is 36.4 Å². The summed E-state index contributed by atoms with van der Waals surface area (Å²) in [5.41, 5.74) is 4.11. The van der Waals surface area contributed by atoms with Crippen molar-refractivity contribution in [2.24, 2.45) is 0 Å². The number of benzene rings is 2. The Morgan fingerprint density at radius 3 is 2.39 bits per heavy atom. The summed E-state index contributed by atoms with van der Waals surface area (Å²) >= 11 is 6.00. The fraction of sp³-hybridized carbons (Fsp3) is 0.440. The standard InChI is InChI=1S/C25H33ClN2O3/c1-6-12-27-25(30)22(7-2)28(15-20-8-10-21(26)11-9-20)24(29)16-31-23-14-17(3)13-18(4)19(23)5/h8-11,13-14,22H,6-7,12,15-16H2,1-5H3,(H,27,30)/t22-/m1/s1. The second-order valence-corrected chi connectivity index (χ2v) is 8.29. The second kappa shape index (κ2) is 11.8. The predicted molar refractivity (Wildman–Crippen MR) is 126 cm³/mol. The van der Waals surface area contributed by atoms with Crippen molar-refractivity contribution in [2.45, 2.75) is 60.0 Å². The van der Waals surface area contributed by atoms with Crippen molar-refractivity contribution < 1.29 is 14.3 Å². The maximum atomic E-state index is 13.2. The van der Waals surface area contributed by atoms with Gasteiger partial charge in [-0.1, -0.05) is 43.6 Å². The topological polar surface area (TPSA) is 58.6 Å². The average molecular weight is 445 g/mol. The lowest BCUT2D eigenvalue weighted by Crippen LogP contribution is -2.50. The smallest absolute Gasteiger partial charge is 0.261 e. The van der Waals surface area contributed by atoms with E-state index in [1.165, 1.54) is 0 Å². The van der Waals surface area contributed by atoms with E-state index in [2.05, 4.69) is 11.4 Å². The highest BCUT2D eigenvalue weighted by molar-refractivity contribution is 6.30. The van der Waals surface area contributed by atoms with E-state index in [9.17, 15) is 9.59 Å². The van der Waals surface area contributed by atoms with Crippen molar-refractivity contribution in [3.05, 3.63) is 63.7 Å². The molecule has 0 aliphatic carbocycles. The Hall–Kier alpha value is -2.53. The van der Waals surface area contributed by atoms with Gasteiger partial charge in [-0.3, -0.25) is 9.59 Å². The molecule has 0 saturated heterocycles. The number of ether oxygens (including phenoxy) is 1. The monoisotopic (exact) mass is 444 g/mol. The molecule has 1 N–H and O–H groups in total. The van der Waals surface area contributed by atoms with E-state index in [1.807, 2.05) is 52.8 Å². The summed E-state index contributed by atoms with van der Waals surface area (Å²) in [5.74, 6) is 0.321. The molecule has 0 fully saturated rings. The lowest BCUT2D eigenvalue weighted by Gasteiger charge is -2.30. The molecule has 0 saturated carbocycles. The molecule has 2 amide bonds. The molecular formula is C25H33ClN2O3. The van der Waals surface area contributed by atoms with Gasteiger partial charge in [0.2, 0.25) is 5.91 Å². The van der Waals surface area contributed by atoms with Crippen molar-refractivity contribution in [2.75, 3.05) is 13.2 Å². The summed E-state index contributed by atoms with van der Waals surface area (Å²) in [5, 5.41) is 3.54. The van der Waals surface area contributed by atoms with Gasteiger partial charge in [-0.15, -0.1) is 0 Å². The van der Waals surface area contributed by atoms with Crippen molar-refractivity contribution in [1.29, 1.82) is 0 Å². The van der Waals surface area contributed by atoms with Gasteiger partial charge < -0.3 is 15.0 Å². The van der Waals surface area contributed by atoms with Crippen molar-refractivity contribution in [3.8, 4) is 5.75 Å². The highest BCUT2D eigenvalue weighted by atomic mass is 35.5. The average Bonchev–Trinajstić information content (AvgIpc) is 2.74. The van der Waals surface area contributed by atoms with Crippen LogP contribution >= 0.6 is 11.6 Å². The van der Waals surface area contributed by atoms with Gasteiger partial charge in [0.25, 0.3) is 5.91 Å². The van der Waals surface area contributed by atoms with E-state index in [0.29, 0.717) is 30.3 Å². The Kier molecular flexibility index (Phi) is 9.38. The van der Waals surface area contributed by atoms with Gasteiger partial charge in [-0.2, -0.15) is 0 Å². The fourth-order valence-corrected chi connectivity index (χ4v) is 3.57. The molecule has 31 heavy (non-hydrogen) atoms. The molecule has 168 valence electrons. The number of nitrogens with one attached hydrogen (secondary N) is 1. The minimum absolute atomic E-state index is 0.130. The Morgan fingerprint density at radius 2 is 1.77 bits per heavy atom. The van der Waals surface area contributed by atoms with Gasteiger partial charge >= 0.3 is 0 Å². The number of nitrogens with zero attached hydrogens (tertiary/aromatic N) is 1. The van der Waals surface area contributed by atoms with E-state index in [4.69, 9.17) is 16.3 Å². The van der Waals surface area contributed by atoms with Crippen LogP contribution in [0.4, 0.5) is 0 Å². The normalized spacial score (nSPS) is 11.7. The third-order valence-electron chi connectivity index (χ3n) is 5.32. The number of carbonyl (C=O) groups is 2. The van der Waals surface area contributed by atoms with Crippen LogP contribution < -0.4 is 10.1 Å². The van der Waals surface area contributed by atoms with Gasteiger partial charge in [-0.05, 0) is 74.1 Å². The molecule has 0 heterocycles. The van der Waals surface area contributed by atoms with E-state index >= 15 is 0 Å². The Balaban J connectivity index is 2.24. The molecule has 6 heteroatoms. The zero-order chi connectivity index (χ0) is 23.0. The molecule has 2 rings (SSSR count). The number of amides is 2. The Labute approximate surface area is 190 Å². The fourth-order valence-electron chi connectivity index (χ4n) is 3.45. The molecule has 2 aromatic rings. The highest BCUT2D eigenvalue weighted by Gasteiger charge is 2.28. The van der Waals surface area contributed by atoms with Crippen LogP contribution in [-0.4, -0.2) is 35.9 Å².